The fraction of sp³-hybridized carbons (Fsp3) is 0.0500. The summed E-state index contributed by atoms with van der Waals surface area (Å²) in [5.74, 6) is -0.442. The minimum atomic E-state index is -0.437. The largest absolute Gasteiger partial charge is 0.451 e. The molecule has 1 N–H and O–H groups in total. The quantitative estimate of drug-likeness (QED) is 0.599. The van der Waals surface area contributed by atoms with Gasteiger partial charge in [-0.1, -0.05) is 18.2 Å². The second-order valence-corrected chi connectivity index (χ2v) is 6.46. The molecule has 0 spiro atoms. The first kappa shape index (κ1) is 16.2. The van der Waals surface area contributed by atoms with Crippen LogP contribution in [0.5, 0.6) is 0 Å². The third kappa shape index (κ3) is 3.14. The van der Waals surface area contributed by atoms with Gasteiger partial charge < -0.3 is 9.73 Å². The van der Waals surface area contributed by atoms with Gasteiger partial charge in [-0.25, -0.2) is 0 Å². The number of rotatable bonds is 4. The summed E-state index contributed by atoms with van der Waals surface area (Å²) in [5.41, 5.74) is 2.89. The number of amides is 1. The lowest BCUT2D eigenvalue weighted by atomic mass is 10.1. The van der Waals surface area contributed by atoms with Gasteiger partial charge in [-0.05, 0) is 35.2 Å². The van der Waals surface area contributed by atoms with Crippen LogP contribution in [0.4, 0.5) is 0 Å². The van der Waals surface area contributed by atoms with E-state index in [4.69, 9.17) is 4.42 Å². The number of pyridine rings is 1. The van der Waals surface area contributed by atoms with Crippen LogP contribution in [0, 0.1) is 0 Å². The highest BCUT2D eigenvalue weighted by Gasteiger charge is 2.13. The summed E-state index contributed by atoms with van der Waals surface area (Å²) in [7, 11) is 0. The van der Waals surface area contributed by atoms with Crippen LogP contribution in [0.3, 0.4) is 0 Å². The van der Waals surface area contributed by atoms with Gasteiger partial charge in [-0.15, -0.1) is 0 Å². The van der Waals surface area contributed by atoms with Crippen LogP contribution in [0.1, 0.15) is 16.1 Å². The van der Waals surface area contributed by atoms with Crippen molar-refractivity contribution in [2.45, 2.75) is 6.54 Å². The smallest absolute Gasteiger partial charge is 0.287 e. The van der Waals surface area contributed by atoms with Gasteiger partial charge in [0.2, 0.25) is 0 Å². The Morgan fingerprint density at radius 3 is 2.88 bits per heavy atom. The minimum Gasteiger partial charge on any atom is -0.451 e. The Kier molecular flexibility index (Phi) is 4.33. The van der Waals surface area contributed by atoms with Crippen molar-refractivity contribution < 1.29 is 9.21 Å². The maximum absolute atomic E-state index is 12.4. The number of hydrogen-bond donors (Lipinski definition) is 1. The van der Waals surface area contributed by atoms with Crippen LogP contribution in [-0.2, 0) is 6.54 Å². The van der Waals surface area contributed by atoms with E-state index in [1.165, 1.54) is 6.07 Å². The van der Waals surface area contributed by atoms with E-state index in [9.17, 15) is 9.59 Å². The van der Waals surface area contributed by atoms with E-state index in [2.05, 4.69) is 10.3 Å². The number of carbonyl (C=O) groups is 1. The molecule has 0 bridgehead atoms. The van der Waals surface area contributed by atoms with E-state index in [0.717, 1.165) is 16.8 Å². The third-order valence-electron chi connectivity index (χ3n) is 3.98. The van der Waals surface area contributed by atoms with Crippen molar-refractivity contribution >= 4 is 28.2 Å². The average Bonchev–Trinajstić information content (AvgIpc) is 3.21. The molecule has 0 unspecified atom stereocenters. The second-order valence-electron chi connectivity index (χ2n) is 5.68. The number of aromatic nitrogens is 1. The normalized spacial score (nSPS) is 10.8. The zero-order valence-electron chi connectivity index (χ0n) is 13.6. The van der Waals surface area contributed by atoms with E-state index in [1.807, 2.05) is 29.0 Å². The number of fused-ring (bicyclic) bond motifs is 1. The molecule has 0 saturated heterocycles. The first-order valence-corrected chi connectivity index (χ1v) is 8.94. The number of carbonyl (C=O) groups excluding carboxylic acids is 1. The van der Waals surface area contributed by atoms with E-state index in [0.29, 0.717) is 11.0 Å². The lowest BCUT2D eigenvalue weighted by Crippen LogP contribution is -2.24. The van der Waals surface area contributed by atoms with Crippen LogP contribution in [0.15, 0.2) is 74.7 Å². The molecule has 3 aromatic heterocycles. The van der Waals surface area contributed by atoms with Gasteiger partial charge in [0.1, 0.15) is 5.58 Å². The van der Waals surface area contributed by atoms with Crippen LogP contribution < -0.4 is 10.7 Å². The predicted molar refractivity (Wildman–Crippen MR) is 101 cm³/mol. The molecule has 1 aromatic carbocycles. The molecule has 0 radical (unpaired) electrons. The minimum absolute atomic E-state index is 0.00493. The van der Waals surface area contributed by atoms with Gasteiger partial charge in [0.25, 0.3) is 5.91 Å². The number of nitrogens with zero attached hydrogens (tertiary/aromatic N) is 1. The standard InChI is InChI=1S/C20H14N2O3S/c23-16-10-18(25-17-6-2-1-5-15(16)17)20(24)22-11-13-4-3-8-21-19(13)14-7-9-26-12-14/h1-10,12H,11H2,(H,22,24). The zero-order chi connectivity index (χ0) is 17.9. The summed E-state index contributed by atoms with van der Waals surface area (Å²) in [5, 5.41) is 7.25. The molecule has 128 valence electrons. The number of nitrogens with one attached hydrogen (secondary N) is 1. The molecule has 26 heavy (non-hydrogen) atoms. The van der Waals surface area contributed by atoms with Gasteiger partial charge in [0.05, 0.1) is 11.1 Å². The molecule has 0 aliphatic carbocycles. The number of benzene rings is 1. The van der Waals surface area contributed by atoms with Gasteiger partial charge in [0.15, 0.2) is 11.2 Å². The summed E-state index contributed by atoms with van der Waals surface area (Å²) >= 11 is 1.59. The van der Waals surface area contributed by atoms with E-state index in [1.54, 1.807) is 41.8 Å². The van der Waals surface area contributed by atoms with Crippen molar-refractivity contribution in [1.82, 2.24) is 10.3 Å². The predicted octanol–water partition coefficient (Wildman–Crippen LogP) is 3.85. The van der Waals surface area contributed by atoms with E-state index in [-0.39, 0.29) is 17.7 Å². The molecule has 0 fully saturated rings. The van der Waals surface area contributed by atoms with Crippen molar-refractivity contribution in [3.8, 4) is 11.3 Å². The van der Waals surface area contributed by atoms with Crippen molar-refractivity contribution in [2.75, 3.05) is 0 Å². The average molecular weight is 362 g/mol. The molecule has 0 atom stereocenters. The maximum Gasteiger partial charge on any atom is 0.287 e. The Hall–Kier alpha value is -3.25. The Morgan fingerprint density at radius 2 is 2.04 bits per heavy atom. The summed E-state index contributed by atoms with van der Waals surface area (Å²) < 4.78 is 5.57. The molecule has 4 aromatic rings. The zero-order valence-corrected chi connectivity index (χ0v) is 14.5. The van der Waals surface area contributed by atoms with Crippen LogP contribution in [-0.4, -0.2) is 10.9 Å². The fourth-order valence-corrected chi connectivity index (χ4v) is 3.36. The second kappa shape index (κ2) is 6.93. The Morgan fingerprint density at radius 1 is 1.15 bits per heavy atom. The maximum atomic E-state index is 12.4. The third-order valence-corrected chi connectivity index (χ3v) is 4.67. The number of hydrogen-bond acceptors (Lipinski definition) is 5. The van der Waals surface area contributed by atoms with Crippen molar-refractivity contribution in [2.24, 2.45) is 0 Å². The molecule has 3 heterocycles. The molecule has 0 aliphatic rings. The molecular formula is C20H14N2O3S. The summed E-state index contributed by atoms with van der Waals surface area (Å²) in [4.78, 5) is 29.0. The summed E-state index contributed by atoms with van der Waals surface area (Å²) in [6.45, 7) is 0.286. The highest BCUT2D eigenvalue weighted by molar-refractivity contribution is 7.08. The van der Waals surface area contributed by atoms with Crippen molar-refractivity contribution in [3.63, 3.8) is 0 Å². The van der Waals surface area contributed by atoms with Gasteiger partial charge in [-0.3, -0.25) is 14.6 Å². The van der Waals surface area contributed by atoms with Gasteiger partial charge in [-0.2, -0.15) is 11.3 Å². The molecule has 5 nitrogen and oxygen atoms in total. The fourth-order valence-electron chi connectivity index (χ4n) is 2.72. The van der Waals surface area contributed by atoms with Crippen LogP contribution in [0.25, 0.3) is 22.2 Å². The van der Waals surface area contributed by atoms with Gasteiger partial charge >= 0.3 is 0 Å². The topological polar surface area (TPSA) is 72.2 Å². The van der Waals surface area contributed by atoms with Crippen molar-refractivity contribution in [3.05, 3.63) is 87.0 Å². The van der Waals surface area contributed by atoms with Crippen LogP contribution in [0.2, 0.25) is 0 Å². The van der Waals surface area contributed by atoms with Gasteiger partial charge in [0, 0.05) is 29.8 Å². The molecule has 6 heteroatoms. The lowest BCUT2D eigenvalue weighted by Gasteiger charge is -2.09. The molecule has 0 saturated carbocycles. The summed E-state index contributed by atoms with van der Waals surface area (Å²) in [6, 6.07) is 13.8. The molecular weight excluding hydrogens is 348 g/mol. The van der Waals surface area contributed by atoms with Crippen molar-refractivity contribution in [1.29, 1.82) is 0 Å². The first-order valence-electron chi connectivity index (χ1n) is 8.00. The number of para-hydroxylation sites is 1. The molecule has 0 aliphatic heterocycles. The Balaban J connectivity index is 1.58. The first-order chi connectivity index (χ1) is 12.7. The van der Waals surface area contributed by atoms with E-state index < -0.39 is 5.91 Å². The monoisotopic (exact) mass is 362 g/mol. The Bertz CT molecular complexity index is 1130. The molecule has 1 amide bonds. The Labute approximate surface area is 152 Å². The SMILES string of the molecule is O=C(NCc1cccnc1-c1ccsc1)c1cc(=O)c2ccccc2o1. The highest BCUT2D eigenvalue weighted by atomic mass is 32.1. The molecule has 4 rings (SSSR count). The summed E-state index contributed by atoms with van der Waals surface area (Å²) in [6.07, 6.45) is 1.72. The highest BCUT2D eigenvalue weighted by Crippen LogP contribution is 2.23. The van der Waals surface area contributed by atoms with E-state index >= 15 is 0 Å². The van der Waals surface area contributed by atoms with Crippen LogP contribution >= 0.6 is 11.3 Å². The number of thiophene rings is 1. The lowest BCUT2D eigenvalue weighted by molar-refractivity contribution is 0.0924.